The zero-order valence-corrected chi connectivity index (χ0v) is 20.3. The number of hydrogen-bond acceptors (Lipinski definition) is 7. The summed E-state index contributed by atoms with van der Waals surface area (Å²) in [6, 6.07) is 9.91. The van der Waals surface area contributed by atoms with Gasteiger partial charge in [0.15, 0.2) is 5.82 Å². The van der Waals surface area contributed by atoms with E-state index in [9.17, 15) is 18.0 Å². The first-order valence-corrected chi connectivity index (χ1v) is 11.9. The lowest BCUT2D eigenvalue weighted by molar-refractivity contribution is -0.144. The highest BCUT2D eigenvalue weighted by molar-refractivity contribution is 6.30. The van der Waals surface area contributed by atoms with Crippen LogP contribution in [0.2, 0.25) is 5.02 Å². The molecular formula is C24H24ClF3N6O2. The summed E-state index contributed by atoms with van der Waals surface area (Å²) >= 11 is 5.92. The van der Waals surface area contributed by atoms with Gasteiger partial charge in [-0.3, -0.25) is 9.69 Å². The van der Waals surface area contributed by atoms with E-state index in [4.69, 9.17) is 16.3 Å². The van der Waals surface area contributed by atoms with Crippen LogP contribution in [0.25, 0.3) is 11.0 Å². The molecule has 2 aromatic heterocycles. The van der Waals surface area contributed by atoms with Crippen molar-refractivity contribution in [1.29, 1.82) is 0 Å². The van der Waals surface area contributed by atoms with Gasteiger partial charge in [0.1, 0.15) is 5.52 Å². The first-order chi connectivity index (χ1) is 17.2. The van der Waals surface area contributed by atoms with Crippen LogP contribution in [-0.4, -0.2) is 83.1 Å². The number of ether oxygens (including phenoxy) is 1. The van der Waals surface area contributed by atoms with E-state index in [0.29, 0.717) is 49.9 Å². The summed E-state index contributed by atoms with van der Waals surface area (Å²) in [7, 11) is 1.45. The Labute approximate surface area is 210 Å². The molecule has 1 atom stereocenters. The monoisotopic (exact) mass is 520 g/mol. The number of methoxy groups -OCH3 is 1. The molecule has 2 fully saturated rings. The summed E-state index contributed by atoms with van der Waals surface area (Å²) in [4.78, 5) is 30.6. The maximum absolute atomic E-state index is 13.5. The van der Waals surface area contributed by atoms with Crippen LogP contribution < -0.4 is 9.64 Å². The van der Waals surface area contributed by atoms with Gasteiger partial charge in [-0.05, 0) is 36.8 Å². The van der Waals surface area contributed by atoms with Crippen molar-refractivity contribution in [3.63, 3.8) is 0 Å². The summed E-state index contributed by atoms with van der Waals surface area (Å²) in [5, 5.41) is 0.578. The molecule has 2 saturated heterocycles. The fourth-order valence-corrected chi connectivity index (χ4v) is 4.87. The third kappa shape index (κ3) is 4.90. The van der Waals surface area contributed by atoms with Crippen LogP contribution in [0.5, 0.6) is 5.88 Å². The number of pyridine rings is 1. The van der Waals surface area contributed by atoms with Crippen LogP contribution in [0.1, 0.15) is 22.6 Å². The lowest BCUT2D eigenvalue weighted by Gasteiger charge is -2.38. The minimum Gasteiger partial charge on any atom is -0.481 e. The zero-order valence-electron chi connectivity index (χ0n) is 19.5. The van der Waals surface area contributed by atoms with Crippen molar-refractivity contribution in [1.82, 2.24) is 24.8 Å². The Morgan fingerprint density at radius 2 is 1.72 bits per heavy atom. The highest BCUT2D eigenvalue weighted by atomic mass is 35.5. The second kappa shape index (κ2) is 9.70. The molecule has 0 radical (unpaired) electrons. The summed E-state index contributed by atoms with van der Waals surface area (Å²) in [6.45, 7) is 3.56. The number of alkyl halides is 3. The van der Waals surface area contributed by atoms with E-state index in [2.05, 4.69) is 19.9 Å². The van der Waals surface area contributed by atoms with Gasteiger partial charge in [-0.2, -0.15) is 13.2 Å². The van der Waals surface area contributed by atoms with Gasteiger partial charge in [0.25, 0.3) is 5.91 Å². The summed E-state index contributed by atoms with van der Waals surface area (Å²) in [5.74, 6) is -0.782. The predicted octanol–water partition coefficient (Wildman–Crippen LogP) is 3.74. The van der Waals surface area contributed by atoms with Crippen molar-refractivity contribution in [3.05, 3.63) is 52.8 Å². The molecule has 0 saturated carbocycles. The van der Waals surface area contributed by atoms with Crippen LogP contribution >= 0.6 is 11.6 Å². The molecule has 190 valence electrons. The van der Waals surface area contributed by atoms with Crippen molar-refractivity contribution in [2.24, 2.45) is 0 Å². The number of rotatable bonds is 4. The van der Waals surface area contributed by atoms with Crippen molar-refractivity contribution in [3.8, 4) is 5.88 Å². The Balaban J connectivity index is 1.30. The number of aromatic nitrogens is 3. The molecule has 2 aliphatic heterocycles. The Morgan fingerprint density at radius 3 is 2.39 bits per heavy atom. The first kappa shape index (κ1) is 24.5. The first-order valence-electron chi connectivity index (χ1n) is 11.6. The van der Waals surface area contributed by atoms with Gasteiger partial charge in [0, 0.05) is 62.0 Å². The van der Waals surface area contributed by atoms with Crippen molar-refractivity contribution < 1.29 is 22.7 Å². The van der Waals surface area contributed by atoms with E-state index in [1.165, 1.54) is 19.2 Å². The molecule has 0 N–H and O–H groups in total. The maximum Gasteiger partial charge on any atom is 0.451 e. The highest BCUT2D eigenvalue weighted by Gasteiger charge is 2.38. The number of carbonyl (C=O) groups is 1. The molecule has 0 aliphatic carbocycles. The van der Waals surface area contributed by atoms with E-state index in [-0.39, 0.29) is 34.7 Å². The van der Waals surface area contributed by atoms with Gasteiger partial charge in [-0.1, -0.05) is 11.6 Å². The lowest BCUT2D eigenvalue weighted by Crippen LogP contribution is -2.52. The fourth-order valence-electron chi connectivity index (χ4n) is 4.74. The summed E-state index contributed by atoms with van der Waals surface area (Å²) in [6.07, 6.45) is -3.91. The van der Waals surface area contributed by atoms with E-state index in [1.54, 1.807) is 24.3 Å². The average Bonchev–Trinajstić information content (AvgIpc) is 3.37. The van der Waals surface area contributed by atoms with Crippen LogP contribution in [0.4, 0.5) is 19.0 Å². The number of anilines is 1. The SMILES string of the molecule is COc1ccc2nc(C(F)(F)F)nc(N3CC[C@H](N4CCN(C(=O)c5ccc(Cl)cc5)CC4)C3)c2n1. The van der Waals surface area contributed by atoms with Crippen LogP contribution in [0.15, 0.2) is 36.4 Å². The number of amides is 1. The van der Waals surface area contributed by atoms with Crippen molar-refractivity contribution in [2.75, 3.05) is 51.3 Å². The van der Waals surface area contributed by atoms with E-state index < -0.39 is 12.0 Å². The molecule has 2 aliphatic rings. The standard InChI is InChI=1S/C24H24ClF3N6O2/c1-36-19-7-6-18-20(30-19)21(31-23(29-18)24(26,27)28)34-9-8-17(14-34)32-10-12-33(13-11-32)22(35)15-2-4-16(25)5-3-15/h2-7,17H,8-14H2,1H3/t17-/m0/s1. The van der Waals surface area contributed by atoms with Crippen LogP contribution in [-0.2, 0) is 6.18 Å². The smallest absolute Gasteiger partial charge is 0.451 e. The van der Waals surface area contributed by atoms with Crippen molar-refractivity contribution in [2.45, 2.75) is 18.6 Å². The predicted molar refractivity (Wildman–Crippen MR) is 128 cm³/mol. The Hall–Kier alpha value is -3.18. The lowest BCUT2D eigenvalue weighted by atomic mass is 10.1. The van der Waals surface area contributed by atoms with E-state index in [0.717, 1.165) is 6.42 Å². The second-order valence-electron chi connectivity index (χ2n) is 8.81. The minimum atomic E-state index is -4.67. The molecule has 3 aromatic rings. The topological polar surface area (TPSA) is 74.7 Å². The molecule has 1 amide bonds. The fraction of sp³-hybridized carbons (Fsp3) is 0.417. The van der Waals surface area contributed by atoms with Crippen LogP contribution in [0.3, 0.4) is 0 Å². The zero-order chi connectivity index (χ0) is 25.4. The number of hydrogen-bond donors (Lipinski definition) is 0. The number of fused-ring (bicyclic) bond motifs is 1. The Morgan fingerprint density at radius 1 is 1.00 bits per heavy atom. The number of carbonyl (C=O) groups excluding carboxylic acids is 1. The Bertz CT molecular complexity index is 1270. The quantitative estimate of drug-likeness (QED) is 0.519. The van der Waals surface area contributed by atoms with Gasteiger partial charge >= 0.3 is 6.18 Å². The summed E-state index contributed by atoms with van der Waals surface area (Å²) in [5.41, 5.74) is 0.992. The van der Waals surface area contributed by atoms with Gasteiger partial charge in [-0.25, -0.2) is 15.0 Å². The maximum atomic E-state index is 13.5. The van der Waals surface area contributed by atoms with Gasteiger partial charge < -0.3 is 14.5 Å². The summed E-state index contributed by atoms with van der Waals surface area (Å²) < 4.78 is 45.7. The molecule has 0 spiro atoms. The molecular weight excluding hydrogens is 497 g/mol. The van der Waals surface area contributed by atoms with Gasteiger partial charge in [-0.15, -0.1) is 0 Å². The van der Waals surface area contributed by atoms with Crippen LogP contribution in [0, 0.1) is 0 Å². The number of benzene rings is 1. The van der Waals surface area contributed by atoms with E-state index >= 15 is 0 Å². The highest BCUT2D eigenvalue weighted by Crippen LogP contribution is 2.33. The largest absolute Gasteiger partial charge is 0.481 e. The van der Waals surface area contributed by atoms with Crippen molar-refractivity contribution >= 4 is 34.4 Å². The Kier molecular flexibility index (Phi) is 6.60. The normalized spacial score (nSPS) is 19.2. The molecule has 8 nitrogen and oxygen atoms in total. The molecule has 4 heterocycles. The average molecular weight is 521 g/mol. The van der Waals surface area contributed by atoms with E-state index in [1.807, 2.05) is 9.80 Å². The third-order valence-corrected chi connectivity index (χ3v) is 6.88. The second-order valence-corrected chi connectivity index (χ2v) is 9.25. The minimum absolute atomic E-state index is 0.0356. The molecule has 36 heavy (non-hydrogen) atoms. The van der Waals surface area contributed by atoms with Gasteiger partial charge in [0.2, 0.25) is 11.7 Å². The molecule has 5 rings (SSSR count). The number of nitrogens with zero attached hydrogens (tertiary/aromatic N) is 6. The van der Waals surface area contributed by atoms with Gasteiger partial charge in [0.05, 0.1) is 12.6 Å². The molecule has 0 bridgehead atoms. The molecule has 0 unspecified atom stereocenters. The number of halogens is 4. The molecule has 1 aromatic carbocycles. The third-order valence-electron chi connectivity index (χ3n) is 6.63. The number of piperazine rings is 1. The molecule has 12 heteroatoms.